The summed E-state index contributed by atoms with van der Waals surface area (Å²) in [5.74, 6) is 0.683. The highest BCUT2D eigenvalue weighted by Crippen LogP contribution is 2.41. The zero-order valence-electron chi connectivity index (χ0n) is 16.4. The van der Waals surface area contributed by atoms with Crippen molar-refractivity contribution >= 4 is 11.9 Å². The van der Waals surface area contributed by atoms with Gasteiger partial charge in [-0.25, -0.2) is 0 Å². The summed E-state index contributed by atoms with van der Waals surface area (Å²) in [6.07, 6.45) is 4.98. The minimum Gasteiger partial charge on any atom is -0.491 e. The molecule has 1 aliphatic heterocycles. The Kier molecular flexibility index (Phi) is 7.66. The summed E-state index contributed by atoms with van der Waals surface area (Å²) in [5.41, 5.74) is 0. The average molecular weight is 403 g/mol. The van der Waals surface area contributed by atoms with Crippen LogP contribution in [0.2, 0.25) is 0 Å². The second kappa shape index (κ2) is 10.4. The Balaban J connectivity index is 1.43. The van der Waals surface area contributed by atoms with Crippen molar-refractivity contribution in [3.05, 3.63) is 42.5 Å². The Bertz CT molecular complexity index is 719. The number of nitrogens with zero attached hydrogens (tertiary/aromatic N) is 1. The number of ether oxygens (including phenoxy) is 2. The number of hydrogen-bond donors (Lipinski definition) is 3. The van der Waals surface area contributed by atoms with Crippen LogP contribution in [0.3, 0.4) is 0 Å². The van der Waals surface area contributed by atoms with Crippen molar-refractivity contribution in [3.63, 3.8) is 0 Å². The van der Waals surface area contributed by atoms with Crippen molar-refractivity contribution in [1.82, 2.24) is 0 Å². The molecule has 158 valence electrons. The Hall–Kier alpha value is -2.38. The average Bonchev–Trinajstić information content (AvgIpc) is 3.21. The van der Waals surface area contributed by atoms with E-state index in [0.29, 0.717) is 43.9 Å². The zero-order chi connectivity index (χ0) is 20.6. The number of aliphatic carboxylic acids is 1. The summed E-state index contributed by atoms with van der Waals surface area (Å²) < 4.78 is 11.2. The van der Waals surface area contributed by atoms with Crippen LogP contribution in [0.15, 0.2) is 47.5 Å². The predicted octanol–water partition coefficient (Wildman–Crippen LogP) is 2.42. The number of aliphatic hydroxyl groups is 2. The highest BCUT2D eigenvalue weighted by atomic mass is 16.5. The number of carboxylic acid groups (broad SMARTS) is 1. The molecule has 1 fully saturated rings. The molecular formula is C22H29NO6. The molecule has 1 aromatic rings. The largest absolute Gasteiger partial charge is 0.491 e. The molecule has 1 aliphatic carbocycles. The molecule has 5 atom stereocenters. The number of carbonyl (C=O) groups is 1. The second-order valence-corrected chi connectivity index (χ2v) is 7.61. The van der Waals surface area contributed by atoms with Gasteiger partial charge in [0.1, 0.15) is 18.5 Å². The highest BCUT2D eigenvalue weighted by molar-refractivity contribution is 5.79. The maximum Gasteiger partial charge on any atom is 0.303 e. The van der Waals surface area contributed by atoms with Crippen molar-refractivity contribution in [2.45, 2.75) is 50.4 Å². The SMILES string of the molecule is O=C(O)CCCCOC1=NC2CC(O)C(C=CC(O)COc3ccccc3)C2C1. The van der Waals surface area contributed by atoms with Gasteiger partial charge in [0, 0.05) is 18.8 Å². The molecule has 0 aromatic heterocycles. The summed E-state index contributed by atoms with van der Waals surface area (Å²) in [6, 6.07) is 9.35. The molecule has 3 rings (SSSR count). The van der Waals surface area contributed by atoms with E-state index >= 15 is 0 Å². The van der Waals surface area contributed by atoms with Crippen molar-refractivity contribution in [1.29, 1.82) is 0 Å². The first-order chi connectivity index (χ1) is 14.0. The molecule has 0 saturated heterocycles. The fourth-order valence-electron chi connectivity index (χ4n) is 3.93. The number of hydrogen-bond acceptors (Lipinski definition) is 6. The third-order valence-electron chi connectivity index (χ3n) is 5.41. The van der Waals surface area contributed by atoms with E-state index in [2.05, 4.69) is 4.99 Å². The third kappa shape index (κ3) is 6.30. The number of fused-ring (bicyclic) bond motifs is 1. The van der Waals surface area contributed by atoms with Crippen LogP contribution in [-0.4, -0.2) is 58.7 Å². The van der Waals surface area contributed by atoms with Crippen molar-refractivity contribution in [2.75, 3.05) is 13.2 Å². The van der Waals surface area contributed by atoms with Gasteiger partial charge in [0.05, 0.1) is 18.8 Å². The van der Waals surface area contributed by atoms with E-state index in [1.165, 1.54) is 0 Å². The molecular weight excluding hydrogens is 374 g/mol. The summed E-state index contributed by atoms with van der Waals surface area (Å²) in [7, 11) is 0. The minimum atomic E-state index is -0.794. The number of rotatable bonds is 10. The number of aliphatic imine (C=N–C) groups is 1. The lowest BCUT2D eigenvalue weighted by molar-refractivity contribution is -0.137. The summed E-state index contributed by atoms with van der Waals surface area (Å²) in [4.78, 5) is 15.1. The van der Waals surface area contributed by atoms with Crippen molar-refractivity contribution in [3.8, 4) is 5.75 Å². The maximum atomic E-state index is 10.5. The highest BCUT2D eigenvalue weighted by Gasteiger charge is 2.45. The van der Waals surface area contributed by atoms with Gasteiger partial charge >= 0.3 is 5.97 Å². The lowest BCUT2D eigenvalue weighted by atomic mass is 9.91. The molecule has 2 aliphatic rings. The molecule has 0 spiro atoms. The molecule has 0 amide bonds. The van der Waals surface area contributed by atoms with Crippen molar-refractivity contribution < 1.29 is 29.6 Å². The first-order valence-corrected chi connectivity index (χ1v) is 10.2. The van der Waals surface area contributed by atoms with E-state index in [4.69, 9.17) is 14.6 Å². The summed E-state index contributed by atoms with van der Waals surface area (Å²) in [5, 5.41) is 29.2. The summed E-state index contributed by atoms with van der Waals surface area (Å²) in [6.45, 7) is 0.614. The third-order valence-corrected chi connectivity index (χ3v) is 5.41. The molecule has 7 nitrogen and oxygen atoms in total. The smallest absolute Gasteiger partial charge is 0.303 e. The monoisotopic (exact) mass is 403 g/mol. The molecule has 0 bridgehead atoms. The van der Waals surface area contributed by atoms with Gasteiger partial charge in [-0.15, -0.1) is 0 Å². The van der Waals surface area contributed by atoms with Crippen LogP contribution in [0.4, 0.5) is 0 Å². The molecule has 0 radical (unpaired) electrons. The van der Waals surface area contributed by atoms with E-state index in [-0.39, 0.29) is 30.9 Å². The van der Waals surface area contributed by atoms with E-state index in [0.717, 1.165) is 0 Å². The first kappa shape index (κ1) is 21.3. The molecule has 7 heteroatoms. The van der Waals surface area contributed by atoms with Crippen LogP contribution in [-0.2, 0) is 9.53 Å². The van der Waals surface area contributed by atoms with Gasteiger partial charge in [-0.3, -0.25) is 9.79 Å². The number of benzene rings is 1. The number of para-hydroxylation sites is 1. The van der Waals surface area contributed by atoms with E-state index < -0.39 is 18.2 Å². The predicted molar refractivity (Wildman–Crippen MR) is 108 cm³/mol. The zero-order valence-corrected chi connectivity index (χ0v) is 16.4. The van der Waals surface area contributed by atoms with E-state index in [9.17, 15) is 15.0 Å². The van der Waals surface area contributed by atoms with Crippen molar-refractivity contribution in [2.24, 2.45) is 16.8 Å². The van der Waals surface area contributed by atoms with Gasteiger partial charge in [0.25, 0.3) is 0 Å². The Morgan fingerprint density at radius 1 is 1.24 bits per heavy atom. The van der Waals surface area contributed by atoms with Crippen LogP contribution in [0.5, 0.6) is 5.75 Å². The Morgan fingerprint density at radius 2 is 2.03 bits per heavy atom. The Morgan fingerprint density at radius 3 is 2.79 bits per heavy atom. The molecule has 1 heterocycles. The van der Waals surface area contributed by atoms with Gasteiger partial charge < -0.3 is 24.8 Å². The van der Waals surface area contributed by atoms with E-state index in [1.54, 1.807) is 6.08 Å². The Labute approximate surface area is 170 Å². The van der Waals surface area contributed by atoms with Crippen LogP contribution in [0, 0.1) is 11.8 Å². The quantitative estimate of drug-likeness (QED) is 0.409. The number of aliphatic hydroxyl groups excluding tert-OH is 2. The van der Waals surface area contributed by atoms with Gasteiger partial charge in [-0.2, -0.15) is 0 Å². The fourth-order valence-corrected chi connectivity index (χ4v) is 3.93. The standard InChI is InChI=1S/C22H29NO6/c24-15(14-29-16-6-2-1-3-7-16)9-10-17-18-12-21(23-19(18)13-20(17)25)28-11-5-4-8-22(26)27/h1-3,6-7,9-10,15,17-20,24-25H,4-5,8,11-14H2,(H,26,27). The van der Waals surface area contributed by atoms with Gasteiger partial charge in [-0.1, -0.05) is 30.4 Å². The molecule has 1 saturated carbocycles. The molecule has 29 heavy (non-hydrogen) atoms. The fraction of sp³-hybridized carbons (Fsp3) is 0.545. The second-order valence-electron chi connectivity index (χ2n) is 7.61. The van der Waals surface area contributed by atoms with Crippen LogP contribution < -0.4 is 4.74 Å². The topological polar surface area (TPSA) is 109 Å². The summed E-state index contributed by atoms with van der Waals surface area (Å²) >= 11 is 0. The number of carboxylic acids is 1. The van der Waals surface area contributed by atoms with E-state index in [1.807, 2.05) is 36.4 Å². The number of unbranched alkanes of at least 4 members (excludes halogenated alkanes) is 1. The lowest BCUT2D eigenvalue weighted by Crippen LogP contribution is -2.21. The van der Waals surface area contributed by atoms with Gasteiger partial charge in [0.2, 0.25) is 0 Å². The normalized spacial score (nSPS) is 26.9. The van der Waals surface area contributed by atoms with Gasteiger partial charge in [0.15, 0.2) is 5.90 Å². The molecule has 3 N–H and O–H groups in total. The lowest BCUT2D eigenvalue weighted by Gasteiger charge is -2.17. The maximum absolute atomic E-state index is 10.5. The van der Waals surface area contributed by atoms with Crippen LogP contribution in [0.1, 0.15) is 32.1 Å². The van der Waals surface area contributed by atoms with Crippen LogP contribution >= 0.6 is 0 Å². The minimum absolute atomic E-state index is 0.0337. The van der Waals surface area contributed by atoms with Gasteiger partial charge in [-0.05, 0) is 37.3 Å². The molecule has 1 aromatic carbocycles. The molecule has 5 unspecified atom stereocenters. The first-order valence-electron chi connectivity index (χ1n) is 10.2. The van der Waals surface area contributed by atoms with Crippen LogP contribution in [0.25, 0.3) is 0 Å².